The summed E-state index contributed by atoms with van der Waals surface area (Å²) in [4.78, 5) is 26.1. The van der Waals surface area contributed by atoms with Crippen molar-refractivity contribution in [2.75, 3.05) is 0 Å². The second kappa shape index (κ2) is 8.57. The van der Waals surface area contributed by atoms with Crippen LogP contribution < -0.4 is 5.73 Å². The number of nitro benzene ring substituents is 1. The zero-order chi connectivity index (χ0) is 21.0. The summed E-state index contributed by atoms with van der Waals surface area (Å²) in [6.45, 7) is 3.55. The Hall–Kier alpha value is -3.65. The molecule has 29 heavy (non-hydrogen) atoms. The van der Waals surface area contributed by atoms with Gasteiger partial charge in [-0.05, 0) is 41.5 Å². The monoisotopic (exact) mass is 409 g/mol. The van der Waals surface area contributed by atoms with Crippen LogP contribution in [-0.4, -0.2) is 16.2 Å². The molecule has 6 nitrogen and oxygen atoms in total. The molecule has 0 aliphatic heterocycles. The number of fused-ring (bicyclic) bond motifs is 1. The third-order valence-corrected chi connectivity index (χ3v) is 5.48. The average molecular weight is 409 g/mol. The van der Waals surface area contributed by atoms with Crippen molar-refractivity contribution in [2.24, 2.45) is 5.73 Å². The zero-order valence-corrected chi connectivity index (χ0v) is 16.0. The first-order valence-electron chi connectivity index (χ1n) is 8.48. The SMILES string of the molecule is C=C/C(C=O)=C\C=C(/N)c1cc2nccc(Cc3ccc([N+](=O)[O-])cc3F)c2s1. The van der Waals surface area contributed by atoms with Gasteiger partial charge >= 0.3 is 0 Å². The third kappa shape index (κ3) is 4.44. The van der Waals surface area contributed by atoms with Crippen LogP contribution in [0.3, 0.4) is 0 Å². The Morgan fingerprint density at radius 2 is 2.07 bits per heavy atom. The number of carbonyl (C=O) groups excluding carboxylic acids is 1. The van der Waals surface area contributed by atoms with Gasteiger partial charge in [0.05, 0.1) is 26.1 Å². The molecule has 2 heterocycles. The number of nitrogens with zero attached hydrogens (tertiary/aromatic N) is 2. The Kier molecular flexibility index (Phi) is 5.94. The molecular weight excluding hydrogens is 393 g/mol. The number of allylic oxidation sites excluding steroid dienone is 4. The minimum atomic E-state index is -0.630. The summed E-state index contributed by atoms with van der Waals surface area (Å²) < 4.78 is 15.1. The summed E-state index contributed by atoms with van der Waals surface area (Å²) >= 11 is 1.40. The van der Waals surface area contributed by atoms with Gasteiger partial charge in [0.2, 0.25) is 0 Å². The smallest absolute Gasteiger partial charge is 0.272 e. The van der Waals surface area contributed by atoms with E-state index >= 15 is 0 Å². The standard InChI is InChI=1S/C21H16FN3O3S/c1-2-13(12-26)3-6-18(23)20-11-19-21(29-20)15(7-8-24-19)9-14-4-5-16(25(27)28)10-17(14)22/h2-8,10-12H,1,9,23H2/b13-3+,18-6-. The van der Waals surface area contributed by atoms with Gasteiger partial charge in [-0.1, -0.05) is 12.7 Å². The van der Waals surface area contributed by atoms with E-state index in [0.29, 0.717) is 28.6 Å². The summed E-state index contributed by atoms with van der Waals surface area (Å²) in [6.07, 6.45) is 7.18. The first kappa shape index (κ1) is 20.1. The average Bonchev–Trinajstić information content (AvgIpc) is 3.15. The van der Waals surface area contributed by atoms with Crippen LogP contribution in [0, 0.1) is 15.9 Å². The van der Waals surface area contributed by atoms with E-state index in [2.05, 4.69) is 11.6 Å². The van der Waals surface area contributed by atoms with Crippen molar-refractivity contribution in [1.82, 2.24) is 4.98 Å². The van der Waals surface area contributed by atoms with Crippen LogP contribution in [-0.2, 0) is 11.2 Å². The van der Waals surface area contributed by atoms with Gasteiger partial charge < -0.3 is 5.73 Å². The molecule has 0 spiro atoms. The number of carbonyl (C=O) groups is 1. The predicted molar refractivity (Wildman–Crippen MR) is 112 cm³/mol. The number of hydrogen-bond donors (Lipinski definition) is 1. The highest BCUT2D eigenvalue weighted by molar-refractivity contribution is 7.20. The van der Waals surface area contributed by atoms with Crippen LogP contribution in [0.1, 0.15) is 16.0 Å². The van der Waals surface area contributed by atoms with Crippen LogP contribution in [0.2, 0.25) is 0 Å². The number of rotatable bonds is 7. The van der Waals surface area contributed by atoms with Crippen LogP contribution in [0.5, 0.6) is 0 Å². The Bertz CT molecular complexity index is 1170. The molecule has 0 amide bonds. The van der Waals surface area contributed by atoms with Gasteiger partial charge in [0, 0.05) is 30.0 Å². The molecule has 8 heteroatoms. The lowest BCUT2D eigenvalue weighted by atomic mass is 10.0. The molecule has 0 aliphatic carbocycles. The maximum Gasteiger partial charge on any atom is 0.272 e. The second-order valence-corrected chi connectivity index (χ2v) is 7.17. The van der Waals surface area contributed by atoms with Crippen molar-refractivity contribution in [3.05, 3.63) is 98.8 Å². The Balaban J connectivity index is 1.96. The van der Waals surface area contributed by atoms with Crippen molar-refractivity contribution in [2.45, 2.75) is 6.42 Å². The lowest BCUT2D eigenvalue weighted by Gasteiger charge is -2.05. The minimum Gasteiger partial charge on any atom is -0.398 e. The molecule has 0 radical (unpaired) electrons. The van der Waals surface area contributed by atoms with Gasteiger partial charge in [0.1, 0.15) is 12.1 Å². The molecule has 0 aliphatic rings. The number of aldehydes is 1. The topological polar surface area (TPSA) is 99.1 Å². The van der Waals surface area contributed by atoms with E-state index in [1.807, 2.05) is 6.07 Å². The first-order valence-corrected chi connectivity index (χ1v) is 9.30. The molecule has 146 valence electrons. The van der Waals surface area contributed by atoms with Crippen molar-refractivity contribution >= 4 is 39.2 Å². The summed E-state index contributed by atoms with van der Waals surface area (Å²) in [6, 6.07) is 7.23. The Morgan fingerprint density at radius 3 is 2.72 bits per heavy atom. The van der Waals surface area contributed by atoms with Crippen LogP contribution in [0.25, 0.3) is 15.9 Å². The number of benzene rings is 1. The van der Waals surface area contributed by atoms with Crippen molar-refractivity contribution in [1.29, 1.82) is 0 Å². The maximum atomic E-state index is 14.3. The molecule has 2 aromatic heterocycles. The number of pyridine rings is 1. The summed E-state index contributed by atoms with van der Waals surface area (Å²) in [5.74, 6) is -0.628. The number of non-ortho nitro benzene ring substituents is 1. The van der Waals surface area contributed by atoms with Gasteiger partial charge in [-0.25, -0.2) is 4.39 Å². The van der Waals surface area contributed by atoms with E-state index in [1.165, 1.54) is 29.5 Å². The van der Waals surface area contributed by atoms with Gasteiger partial charge in [-0.3, -0.25) is 19.9 Å². The van der Waals surface area contributed by atoms with E-state index < -0.39 is 10.7 Å². The summed E-state index contributed by atoms with van der Waals surface area (Å²) in [5, 5.41) is 10.8. The number of nitrogens with two attached hydrogens (primary N) is 1. The van der Waals surface area contributed by atoms with Crippen LogP contribution >= 0.6 is 11.3 Å². The van der Waals surface area contributed by atoms with Crippen molar-refractivity contribution < 1.29 is 14.1 Å². The van der Waals surface area contributed by atoms with Crippen molar-refractivity contribution in [3.63, 3.8) is 0 Å². The third-order valence-electron chi connectivity index (χ3n) is 4.23. The number of thiophene rings is 1. The lowest BCUT2D eigenvalue weighted by Crippen LogP contribution is -1.96. The fraction of sp³-hybridized carbons (Fsp3) is 0.0476. The van der Waals surface area contributed by atoms with Gasteiger partial charge in [-0.2, -0.15) is 0 Å². The lowest BCUT2D eigenvalue weighted by molar-refractivity contribution is -0.385. The zero-order valence-electron chi connectivity index (χ0n) is 15.2. The van der Waals surface area contributed by atoms with E-state index in [1.54, 1.807) is 24.4 Å². The molecule has 0 saturated heterocycles. The van der Waals surface area contributed by atoms with E-state index in [0.717, 1.165) is 21.2 Å². The summed E-state index contributed by atoms with van der Waals surface area (Å²) in [5.41, 5.74) is 8.59. The quantitative estimate of drug-likeness (QED) is 0.203. The molecule has 0 unspecified atom stereocenters. The first-order chi connectivity index (χ1) is 13.9. The largest absolute Gasteiger partial charge is 0.398 e. The van der Waals surface area contributed by atoms with E-state index in [-0.39, 0.29) is 12.1 Å². The minimum absolute atomic E-state index is 0.262. The molecular formula is C21H16FN3O3S. The molecule has 2 N–H and O–H groups in total. The predicted octanol–water partition coefficient (Wildman–Crippen LogP) is 4.55. The molecule has 3 aromatic rings. The number of nitro groups is 1. The fourth-order valence-electron chi connectivity index (χ4n) is 2.69. The van der Waals surface area contributed by atoms with Crippen molar-refractivity contribution in [3.8, 4) is 0 Å². The van der Waals surface area contributed by atoms with Gasteiger partial charge in [0.15, 0.2) is 0 Å². The maximum absolute atomic E-state index is 14.3. The molecule has 0 saturated carbocycles. The van der Waals surface area contributed by atoms with Gasteiger partial charge in [-0.15, -0.1) is 11.3 Å². The molecule has 3 rings (SSSR count). The highest BCUT2D eigenvalue weighted by Gasteiger charge is 2.14. The number of hydrogen-bond acceptors (Lipinski definition) is 6. The second-order valence-electron chi connectivity index (χ2n) is 6.12. The Labute approximate surface area is 169 Å². The fourth-order valence-corrected chi connectivity index (χ4v) is 3.76. The molecule has 0 bridgehead atoms. The highest BCUT2D eigenvalue weighted by Crippen LogP contribution is 2.32. The van der Waals surface area contributed by atoms with Crippen LogP contribution in [0.4, 0.5) is 10.1 Å². The molecule has 0 fully saturated rings. The number of aromatic nitrogens is 1. The van der Waals surface area contributed by atoms with Gasteiger partial charge in [0.25, 0.3) is 5.69 Å². The molecule has 0 atom stereocenters. The normalized spacial score (nSPS) is 12.2. The van der Waals surface area contributed by atoms with E-state index in [4.69, 9.17) is 5.73 Å². The Morgan fingerprint density at radius 1 is 1.28 bits per heavy atom. The van der Waals surface area contributed by atoms with Crippen LogP contribution in [0.15, 0.2) is 66.9 Å². The van der Waals surface area contributed by atoms with E-state index in [9.17, 15) is 19.3 Å². The molecule has 1 aromatic carbocycles. The highest BCUT2D eigenvalue weighted by atomic mass is 32.1. The number of halogens is 1. The summed E-state index contributed by atoms with van der Waals surface area (Å²) in [7, 11) is 0.